The fourth-order valence-electron chi connectivity index (χ4n) is 1.31. The van der Waals surface area contributed by atoms with Gasteiger partial charge in [-0.25, -0.2) is 0 Å². The van der Waals surface area contributed by atoms with E-state index in [1.54, 1.807) is 4.90 Å². The van der Waals surface area contributed by atoms with Gasteiger partial charge in [-0.1, -0.05) is 0 Å². The summed E-state index contributed by atoms with van der Waals surface area (Å²) in [4.78, 5) is 12.6. The van der Waals surface area contributed by atoms with E-state index in [1.807, 2.05) is 0 Å². The molecule has 1 rings (SSSR count). The lowest BCUT2D eigenvalue weighted by Gasteiger charge is -2.23. The quantitative estimate of drug-likeness (QED) is 0.553. The van der Waals surface area contributed by atoms with Crippen LogP contribution in [0.4, 0.5) is 0 Å². The highest BCUT2D eigenvalue weighted by Crippen LogP contribution is 2.12. The number of carbonyl (C=O) groups is 1. The van der Waals surface area contributed by atoms with Gasteiger partial charge < -0.3 is 15.1 Å². The van der Waals surface area contributed by atoms with Crippen LogP contribution >= 0.6 is 0 Å². The monoisotopic (exact) mass is 159 g/mol. The molecule has 1 amide bonds. The molecule has 0 bridgehead atoms. The van der Waals surface area contributed by atoms with Crippen LogP contribution in [-0.4, -0.2) is 46.8 Å². The second-order valence-corrected chi connectivity index (χ2v) is 2.71. The summed E-state index contributed by atoms with van der Waals surface area (Å²) in [6.45, 7) is 0.370. The minimum Gasteiger partial charge on any atom is -0.394 e. The molecule has 0 aromatic carbocycles. The third-order valence-electron chi connectivity index (χ3n) is 1.97. The molecule has 64 valence electrons. The van der Waals surface area contributed by atoms with Gasteiger partial charge in [-0.15, -0.1) is 0 Å². The van der Waals surface area contributed by atoms with Gasteiger partial charge in [0.15, 0.2) is 0 Å². The van der Waals surface area contributed by atoms with Crippen LogP contribution in [0.25, 0.3) is 0 Å². The van der Waals surface area contributed by atoms with Crippen molar-refractivity contribution in [2.45, 2.75) is 18.9 Å². The predicted octanol–water partition coefficient (Wildman–Crippen LogP) is -1.04. The summed E-state index contributed by atoms with van der Waals surface area (Å²) in [5.41, 5.74) is 0. The summed E-state index contributed by atoms with van der Waals surface area (Å²) >= 11 is 0. The SMILES string of the molecule is O=C1CCCN1C(CO)CO. The first-order valence-electron chi connectivity index (χ1n) is 3.80. The Kier molecular flexibility index (Phi) is 2.84. The largest absolute Gasteiger partial charge is 0.394 e. The minimum atomic E-state index is -0.384. The van der Waals surface area contributed by atoms with Crippen LogP contribution in [0.15, 0.2) is 0 Å². The van der Waals surface area contributed by atoms with Crippen molar-refractivity contribution in [2.24, 2.45) is 0 Å². The normalized spacial score (nSPS) is 18.5. The van der Waals surface area contributed by atoms with Crippen molar-refractivity contribution in [2.75, 3.05) is 19.8 Å². The molecular formula is C7H13NO3. The van der Waals surface area contributed by atoms with E-state index in [-0.39, 0.29) is 25.2 Å². The molecule has 0 atom stereocenters. The van der Waals surface area contributed by atoms with Crippen LogP contribution in [0.2, 0.25) is 0 Å². The maximum absolute atomic E-state index is 11.0. The molecule has 0 saturated carbocycles. The maximum Gasteiger partial charge on any atom is 0.223 e. The van der Waals surface area contributed by atoms with E-state index >= 15 is 0 Å². The van der Waals surface area contributed by atoms with Gasteiger partial charge in [-0.05, 0) is 6.42 Å². The summed E-state index contributed by atoms with van der Waals surface area (Å²) in [5.74, 6) is 0.0399. The topological polar surface area (TPSA) is 60.8 Å². The fraction of sp³-hybridized carbons (Fsp3) is 0.857. The molecule has 1 aliphatic heterocycles. The zero-order valence-electron chi connectivity index (χ0n) is 6.36. The van der Waals surface area contributed by atoms with Crippen molar-refractivity contribution in [3.8, 4) is 0 Å². The number of hydrogen-bond acceptors (Lipinski definition) is 3. The molecule has 0 spiro atoms. The lowest BCUT2D eigenvalue weighted by atomic mass is 10.3. The van der Waals surface area contributed by atoms with Gasteiger partial charge in [0, 0.05) is 13.0 Å². The number of carbonyl (C=O) groups excluding carboxylic acids is 1. The summed E-state index contributed by atoms with van der Waals surface area (Å²) in [7, 11) is 0. The molecule has 0 aromatic heterocycles. The Labute approximate surface area is 65.4 Å². The van der Waals surface area contributed by atoms with E-state index in [2.05, 4.69) is 0 Å². The van der Waals surface area contributed by atoms with Crippen molar-refractivity contribution in [3.05, 3.63) is 0 Å². The Morgan fingerprint density at radius 1 is 1.45 bits per heavy atom. The van der Waals surface area contributed by atoms with Gasteiger partial charge in [-0.2, -0.15) is 0 Å². The van der Waals surface area contributed by atoms with Crippen LogP contribution in [0.3, 0.4) is 0 Å². The van der Waals surface area contributed by atoms with E-state index in [4.69, 9.17) is 10.2 Å². The molecule has 4 heteroatoms. The number of likely N-dealkylation sites (tertiary alicyclic amines) is 1. The van der Waals surface area contributed by atoms with E-state index in [1.165, 1.54) is 0 Å². The second-order valence-electron chi connectivity index (χ2n) is 2.71. The first kappa shape index (κ1) is 8.49. The number of aliphatic hydroxyl groups excluding tert-OH is 2. The van der Waals surface area contributed by atoms with Gasteiger partial charge in [-0.3, -0.25) is 4.79 Å². The Morgan fingerprint density at radius 2 is 2.09 bits per heavy atom. The molecule has 1 aliphatic rings. The molecule has 4 nitrogen and oxygen atoms in total. The van der Waals surface area contributed by atoms with Crippen molar-refractivity contribution < 1.29 is 15.0 Å². The van der Waals surface area contributed by atoms with Crippen LogP contribution in [0.5, 0.6) is 0 Å². The van der Waals surface area contributed by atoms with Crippen molar-refractivity contribution in [1.82, 2.24) is 4.90 Å². The van der Waals surface area contributed by atoms with E-state index in [0.29, 0.717) is 13.0 Å². The molecule has 2 N–H and O–H groups in total. The Hall–Kier alpha value is -0.610. The molecule has 0 unspecified atom stereocenters. The smallest absolute Gasteiger partial charge is 0.223 e. The van der Waals surface area contributed by atoms with Gasteiger partial charge in [0.2, 0.25) is 5.91 Å². The average molecular weight is 159 g/mol. The first-order valence-corrected chi connectivity index (χ1v) is 3.80. The standard InChI is InChI=1S/C7H13NO3/c9-4-6(5-10)8-3-1-2-7(8)11/h6,9-10H,1-5H2. The number of hydrogen-bond donors (Lipinski definition) is 2. The molecule has 1 heterocycles. The van der Waals surface area contributed by atoms with Crippen molar-refractivity contribution in [1.29, 1.82) is 0 Å². The summed E-state index contributed by atoms with van der Waals surface area (Å²) in [5, 5.41) is 17.5. The minimum absolute atomic E-state index is 0.0399. The zero-order valence-corrected chi connectivity index (χ0v) is 6.36. The number of rotatable bonds is 3. The van der Waals surface area contributed by atoms with E-state index in [9.17, 15) is 4.79 Å². The third-order valence-corrected chi connectivity index (χ3v) is 1.97. The number of amides is 1. The average Bonchev–Trinajstić information content (AvgIpc) is 2.40. The molecular weight excluding hydrogens is 146 g/mol. The number of nitrogens with zero attached hydrogens (tertiary/aromatic N) is 1. The zero-order chi connectivity index (χ0) is 8.27. The molecule has 0 aromatic rings. The van der Waals surface area contributed by atoms with Crippen molar-refractivity contribution in [3.63, 3.8) is 0 Å². The summed E-state index contributed by atoms with van der Waals surface area (Å²) in [6.07, 6.45) is 1.39. The van der Waals surface area contributed by atoms with Crippen LogP contribution in [0.1, 0.15) is 12.8 Å². The van der Waals surface area contributed by atoms with Gasteiger partial charge in [0.05, 0.1) is 19.3 Å². The molecule has 1 saturated heterocycles. The maximum atomic E-state index is 11.0. The highest BCUT2D eigenvalue weighted by molar-refractivity contribution is 5.78. The fourth-order valence-corrected chi connectivity index (χ4v) is 1.31. The van der Waals surface area contributed by atoms with E-state index in [0.717, 1.165) is 6.42 Å². The lowest BCUT2D eigenvalue weighted by Crippen LogP contribution is -2.41. The predicted molar refractivity (Wildman–Crippen MR) is 38.9 cm³/mol. The van der Waals surface area contributed by atoms with Gasteiger partial charge >= 0.3 is 0 Å². The molecule has 0 radical (unpaired) electrons. The Balaban J connectivity index is 2.49. The third kappa shape index (κ3) is 1.70. The van der Waals surface area contributed by atoms with Crippen molar-refractivity contribution >= 4 is 5.91 Å². The number of aliphatic hydroxyl groups is 2. The molecule has 1 fully saturated rings. The highest BCUT2D eigenvalue weighted by atomic mass is 16.3. The summed E-state index contributed by atoms with van der Waals surface area (Å²) < 4.78 is 0. The van der Waals surface area contributed by atoms with Gasteiger partial charge in [0.1, 0.15) is 0 Å². The second kappa shape index (κ2) is 3.69. The summed E-state index contributed by atoms with van der Waals surface area (Å²) in [6, 6.07) is -0.384. The Bertz CT molecular complexity index is 145. The molecule has 11 heavy (non-hydrogen) atoms. The molecule has 0 aliphatic carbocycles. The van der Waals surface area contributed by atoms with Crippen LogP contribution < -0.4 is 0 Å². The Morgan fingerprint density at radius 3 is 2.45 bits per heavy atom. The lowest BCUT2D eigenvalue weighted by molar-refractivity contribution is -0.131. The van der Waals surface area contributed by atoms with E-state index < -0.39 is 0 Å². The van der Waals surface area contributed by atoms with Crippen LogP contribution in [0, 0.1) is 0 Å². The van der Waals surface area contributed by atoms with Gasteiger partial charge in [0.25, 0.3) is 0 Å². The first-order chi connectivity index (χ1) is 5.29. The highest BCUT2D eigenvalue weighted by Gasteiger charge is 2.26. The van der Waals surface area contributed by atoms with Crippen LogP contribution in [-0.2, 0) is 4.79 Å².